The number of hydrogen-bond donors (Lipinski definition) is 1. The first kappa shape index (κ1) is 13.6. The average Bonchev–Trinajstić information content (AvgIpc) is 3.23. The largest absolute Gasteiger partial charge is 0.381 e. The van der Waals surface area contributed by atoms with Gasteiger partial charge in [-0.3, -0.25) is 0 Å². The molecule has 2 aliphatic rings. The molecule has 2 fully saturated rings. The molecule has 1 aliphatic heterocycles. The van der Waals surface area contributed by atoms with Gasteiger partial charge in [-0.15, -0.1) is 10.2 Å². The van der Waals surface area contributed by atoms with Crippen LogP contribution in [0, 0.1) is 0 Å². The van der Waals surface area contributed by atoms with Crippen LogP contribution in [0.5, 0.6) is 0 Å². The molecule has 1 aliphatic carbocycles. The Morgan fingerprint density at radius 2 is 2.00 bits per heavy atom. The van der Waals surface area contributed by atoms with Crippen molar-refractivity contribution < 1.29 is 4.74 Å². The van der Waals surface area contributed by atoms with E-state index in [2.05, 4.69) is 10.2 Å². The molecule has 6 nitrogen and oxygen atoms in total. The molecule has 21 heavy (non-hydrogen) atoms. The smallest absolute Gasteiger partial charge is 0.234 e. The van der Waals surface area contributed by atoms with E-state index in [4.69, 9.17) is 15.6 Å². The Bertz CT molecular complexity index is 624. The van der Waals surface area contributed by atoms with E-state index in [-0.39, 0.29) is 5.41 Å². The first-order chi connectivity index (χ1) is 10.3. The van der Waals surface area contributed by atoms with Crippen LogP contribution in [-0.4, -0.2) is 39.6 Å². The third-order valence-electron chi connectivity index (χ3n) is 5.03. The third-order valence-corrected chi connectivity index (χ3v) is 6.17. The molecular weight excluding hydrogens is 286 g/mol. The third kappa shape index (κ3) is 2.18. The summed E-state index contributed by atoms with van der Waals surface area (Å²) in [6.07, 6.45) is 6.91. The summed E-state index contributed by atoms with van der Waals surface area (Å²) in [5.74, 6) is 1.57. The summed E-state index contributed by atoms with van der Waals surface area (Å²) < 4.78 is 7.47. The highest BCUT2D eigenvalue weighted by molar-refractivity contribution is 7.16. The standard InChI is InChI=1S/C14H21N5OS/c15-9-14(5-7-20-8-6-14)12-18-19-11(10-3-1-2-4-10)16-17-13(19)21-12/h10H,1-9,15H2. The zero-order valence-corrected chi connectivity index (χ0v) is 12.9. The number of fused-ring (bicyclic) bond motifs is 1. The molecular formula is C14H21N5OS. The van der Waals surface area contributed by atoms with Gasteiger partial charge in [0.2, 0.25) is 4.96 Å². The first-order valence-corrected chi connectivity index (χ1v) is 8.64. The number of ether oxygens (including phenoxy) is 1. The molecule has 0 amide bonds. The van der Waals surface area contributed by atoms with Gasteiger partial charge in [0.1, 0.15) is 5.01 Å². The van der Waals surface area contributed by atoms with Gasteiger partial charge < -0.3 is 10.5 Å². The Morgan fingerprint density at radius 3 is 2.71 bits per heavy atom. The van der Waals surface area contributed by atoms with E-state index in [1.54, 1.807) is 11.3 Å². The van der Waals surface area contributed by atoms with Crippen LogP contribution in [0.1, 0.15) is 55.3 Å². The lowest BCUT2D eigenvalue weighted by atomic mass is 9.81. The van der Waals surface area contributed by atoms with Gasteiger partial charge in [-0.1, -0.05) is 24.2 Å². The van der Waals surface area contributed by atoms with Gasteiger partial charge in [0.15, 0.2) is 5.82 Å². The van der Waals surface area contributed by atoms with Gasteiger partial charge in [-0.05, 0) is 25.7 Å². The minimum absolute atomic E-state index is 0.0312. The van der Waals surface area contributed by atoms with Crippen LogP contribution in [-0.2, 0) is 10.2 Å². The lowest BCUT2D eigenvalue weighted by Crippen LogP contribution is -2.40. The fourth-order valence-electron chi connectivity index (χ4n) is 3.55. The van der Waals surface area contributed by atoms with Gasteiger partial charge in [0, 0.05) is 31.1 Å². The Morgan fingerprint density at radius 1 is 1.24 bits per heavy atom. The molecule has 7 heteroatoms. The Balaban J connectivity index is 1.73. The summed E-state index contributed by atoms with van der Waals surface area (Å²) in [6.45, 7) is 2.17. The van der Waals surface area contributed by atoms with Crippen LogP contribution in [0.25, 0.3) is 4.96 Å². The van der Waals surface area contributed by atoms with Gasteiger partial charge in [0.05, 0.1) is 0 Å². The van der Waals surface area contributed by atoms with Crippen LogP contribution < -0.4 is 5.73 Å². The second-order valence-corrected chi connectivity index (χ2v) is 7.19. The normalized spacial score (nSPS) is 23.1. The average molecular weight is 307 g/mol. The molecule has 0 atom stereocenters. The minimum atomic E-state index is -0.0312. The number of nitrogens with two attached hydrogens (primary N) is 1. The Hall–Kier alpha value is -1.05. The summed E-state index contributed by atoms with van der Waals surface area (Å²) in [7, 11) is 0. The summed E-state index contributed by atoms with van der Waals surface area (Å²) in [5.41, 5.74) is 6.06. The molecule has 0 bridgehead atoms. The Kier molecular flexibility index (Phi) is 3.43. The molecule has 2 aromatic heterocycles. The maximum Gasteiger partial charge on any atom is 0.234 e. The second-order valence-electron chi connectivity index (χ2n) is 6.24. The monoisotopic (exact) mass is 307 g/mol. The van der Waals surface area contributed by atoms with Crippen molar-refractivity contribution in [2.75, 3.05) is 19.8 Å². The van der Waals surface area contributed by atoms with E-state index in [1.165, 1.54) is 25.7 Å². The summed E-state index contributed by atoms with van der Waals surface area (Å²) in [5, 5.41) is 14.7. The molecule has 2 aromatic rings. The number of rotatable bonds is 3. The zero-order chi connectivity index (χ0) is 14.3. The van der Waals surface area contributed by atoms with Crippen LogP contribution in [0.15, 0.2) is 0 Å². The predicted molar refractivity (Wildman–Crippen MR) is 80.7 cm³/mol. The molecule has 0 aromatic carbocycles. The predicted octanol–water partition coefficient (Wildman–Crippen LogP) is 1.85. The topological polar surface area (TPSA) is 78.3 Å². The van der Waals surface area contributed by atoms with Crippen molar-refractivity contribution >= 4 is 16.3 Å². The SMILES string of the molecule is NCC1(c2nn3c(C4CCCC4)nnc3s2)CCOCC1. The fourth-order valence-corrected chi connectivity index (χ4v) is 4.65. The van der Waals surface area contributed by atoms with Crippen molar-refractivity contribution in [1.82, 2.24) is 19.8 Å². The second kappa shape index (κ2) is 5.30. The van der Waals surface area contributed by atoms with Crippen LogP contribution >= 0.6 is 11.3 Å². The summed E-state index contributed by atoms with van der Waals surface area (Å²) in [6, 6.07) is 0. The molecule has 0 radical (unpaired) electrons. The van der Waals surface area contributed by atoms with Gasteiger partial charge >= 0.3 is 0 Å². The van der Waals surface area contributed by atoms with E-state index < -0.39 is 0 Å². The van der Waals surface area contributed by atoms with Crippen molar-refractivity contribution in [3.63, 3.8) is 0 Å². The van der Waals surface area contributed by atoms with E-state index >= 15 is 0 Å². The zero-order valence-electron chi connectivity index (χ0n) is 12.1. The maximum atomic E-state index is 6.09. The van der Waals surface area contributed by atoms with Crippen molar-refractivity contribution in [2.24, 2.45) is 5.73 Å². The molecule has 1 saturated carbocycles. The van der Waals surface area contributed by atoms with E-state index in [0.717, 1.165) is 41.8 Å². The van der Waals surface area contributed by atoms with Crippen LogP contribution in [0.3, 0.4) is 0 Å². The molecule has 2 N–H and O–H groups in total. The maximum absolute atomic E-state index is 6.09. The summed E-state index contributed by atoms with van der Waals surface area (Å²) in [4.78, 5) is 0.909. The van der Waals surface area contributed by atoms with Gasteiger partial charge in [0.25, 0.3) is 0 Å². The van der Waals surface area contributed by atoms with Crippen LogP contribution in [0.2, 0.25) is 0 Å². The number of nitrogens with zero attached hydrogens (tertiary/aromatic N) is 4. The lowest BCUT2D eigenvalue weighted by molar-refractivity contribution is 0.0525. The fraction of sp³-hybridized carbons (Fsp3) is 0.786. The molecule has 3 heterocycles. The highest BCUT2D eigenvalue weighted by Crippen LogP contribution is 2.38. The van der Waals surface area contributed by atoms with Gasteiger partial charge in [-0.25, -0.2) is 0 Å². The number of hydrogen-bond acceptors (Lipinski definition) is 6. The molecule has 0 spiro atoms. The first-order valence-electron chi connectivity index (χ1n) is 7.83. The Labute approximate surface area is 127 Å². The number of aromatic nitrogens is 4. The van der Waals surface area contributed by atoms with Crippen molar-refractivity contribution in [3.8, 4) is 0 Å². The highest BCUT2D eigenvalue weighted by Gasteiger charge is 2.37. The lowest BCUT2D eigenvalue weighted by Gasteiger charge is -2.33. The van der Waals surface area contributed by atoms with E-state index in [9.17, 15) is 0 Å². The van der Waals surface area contributed by atoms with E-state index in [0.29, 0.717) is 12.5 Å². The minimum Gasteiger partial charge on any atom is -0.381 e. The molecule has 114 valence electrons. The summed E-state index contributed by atoms with van der Waals surface area (Å²) >= 11 is 1.65. The van der Waals surface area contributed by atoms with Gasteiger partial charge in [-0.2, -0.15) is 9.61 Å². The molecule has 0 unspecified atom stereocenters. The van der Waals surface area contributed by atoms with Crippen molar-refractivity contribution in [3.05, 3.63) is 10.8 Å². The van der Waals surface area contributed by atoms with Crippen molar-refractivity contribution in [2.45, 2.75) is 49.9 Å². The van der Waals surface area contributed by atoms with E-state index in [1.807, 2.05) is 4.52 Å². The van der Waals surface area contributed by atoms with Crippen LogP contribution in [0.4, 0.5) is 0 Å². The quantitative estimate of drug-likeness (QED) is 0.936. The van der Waals surface area contributed by atoms with Crippen molar-refractivity contribution in [1.29, 1.82) is 0 Å². The highest BCUT2D eigenvalue weighted by atomic mass is 32.1. The molecule has 4 rings (SSSR count). The molecule has 1 saturated heterocycles.